The molecule has 4 unspecified atom stereocenters. The van der Waals surface area contributed by atoms with Gasteiger partial charge in [0.1, 0.15) is 0 Å². The van der Waals surface area contributed by atoms with Crippen molar-refractivity contribution in [3.05, 3.63) is 0 Å². The van der Waals surface area contributed by atoms with Gasteiger partial charge in [-0.25, -0.2) is 0 Å². The molecule has 2 saturated carbocycles. The first-order chi connectivity index (χ1) is 11.6. The smallest absolute Gasteiger partial charge is 0.251 e. The summed E-state index contributed by atoms with van der Waals surface area (Å²) in [5.74, 6) is 1.10. The number of amides is 2. The van der Waals surface area contributed by atoms with Crippen molar-refractivity contribution in [2.75, 3.05) is 6.54 Å². The molecule has 0 radical (unpaired) electrons. The van der Waals surface area contributed by atoms with Gasteiger partial charge in [0.2, 0.25) is 5.91 Å². The predicted molar refractivity (Wildman–Crippen MR) is 89.7 cm³/mol. The van der Waals surface area contributed by atoms with Crippen LogP contribution in [0.3, 0.4) is 0 Å². The molecule has 1 aliphatic heterocycles. The van der Waals surface area contributed by atoms with Gasteiger partial charge in [-0.15, -0.1) is 0 Å². The van der Waals surface area contributed by atoms with E-state index in [2.05, 4.69) is 23.0 Å². The zero-order valence-electron chi connectivity index (χ0n) is 14.4. The van der Waals surface area contributed by atoms with Gasteiger partial charge in [0.05, 0.1) is 0 Å². The summed E-state index contributed by atoms with van der Waals surface area (Å²) in [6.45, 7) is 2.62. The molecule has 5 N–H and O–H groups in total. The second kappa shape index (κ2) is 7.80. The summed E-state index contributed by atoms with van der Waals surface area (Å²) in [5, 5.41) is 5.98. The van der Waals surface area contributed by atoms with Crippen molar-refractivity contribution in [2.45, 2.75) is 76.1 Å². The molecule has 136 valence electrons. The van der Waals surface area contributed by atoms with E-state index in [0.29, 0.717) is 30.8 Å². The summed E-state index contributed by atoms with van der Waals surface area (Å²) in [6, 6.07) is 0.671. The van der Waals surface area contributed by atoms with Gasteiger partial charge in [-0.1, -0.05) is 13.3 Å². The van der Waals surface area contributed by atoms with Crippen molar-refractivity contribution in [1.29, 1.82) is 0 Å². The maximum atomic E-state index is 12.4. The minimum atomic E-state index is -0.401. The van der Waals surface area contributed by atoms with Gasteiger partial charge >= 0.3 is 0 Å². The largest absolute Gasteiger partial charge is 0.353 e. The molecule has 0 aromatic heterocycles. The van der Waals surface area contributed by atoms with Gasteiger partial charge in [-0.3, -0.25) is 14.4 Å². The summed E-state index contributed by atoms with van der Waals surface area (Å²) >= 11 is 0. The first-order valence-corrected chi connectivity index (χ1v) is 9.27. The Balaban J connectivity index is 1.38. The highest BCUT2D eigenvalue weighted by Gasteiger charge is 2.40. The molecule has 3 rings (SSSR count). The van der Waals surface area contributed by atoms with Crippen LogP contribution in [-0.2, 0) is 14.4 Å². The lowest BCUT2D eigenvalue weighted by Crippen LogP contribution is -2.58. The fourth-order valence-corrected chi connectivity index (χ4v) is 4.23. The van der Waals surface area contributed by atoms with Gasteiger partial charge in [-0.2, -0.15) is 5.48 Å². The van der Waals surface area contributed by atoms with Crippen LogP contribution in [0.25, 0.3) is 0 Å². The lowest BCUT2D eigenvalue weighted by molar-refractivity contribution is -0.159. The van der Waals surface area contributed by atoms with Crippen LogP contribution >= 0.6 is 0 Å². The number of carbonyl (C=O) groups excluding carboxylic acids is 2. The Morgan fingerprint density at radius 3 is 2.67 bits per heavy atom. The topological polar surface area (TPSA) is 105 Å². The lowest BCUT2D eigenvalue weighted by Gasteiger charge is -2.43. The maximum Gasteiger partial charge on any atom is 0.251 e. The van der Waals surface area contributed by atoms with Crippen LogP contribution in [0.2, 0.25) is 0 Å². The Morgan fingerprint density at radius 1 is 1.17 bits per heavy atom. The molecule has 7 heteroatoms. The van der Waals surface area contributed by atoms with E-state index in [4.69, 9.17) is 10.6 Å². The number of hydrogen-bond acceptors (Lipinski definition) is 5. The molecule has 1 heterocycles. The fourth-order valence-electron chi connectivity index (χ4n) is 4.23. The highest BCUT2D eigenvalue weighted by atomic mass is 16.7. The Bertz CT molecular complexity index is 467. The Labute approximate surface area is 143 Å². The highest BCUT2D eigenvalue weighted by Crippen LogP contribution is 2.35. The van der Waals surface area contributed by atoms with Crippen LogP contribution in [-0.4, -0.2) is 42.6 Å². The molecule has 4 atom stereocenters. The van der Waals surface area contributed by atoms with Crippen LogP contribution in [0.5, 0.6) is 0 Å². The van der Waals surface area contributed by atoms with E-state index in [1.165, 1.54) is 19.3 Å². The van der Waals surface area contributed by atoms with Crippen LogP contribution in [0.1, 0.15) is 51.9 Å². The Hall–Kier alpha value is -1.18. The third kappa shape index (κ3) is 4.07. The molecule has 0 bridgehead atoms. The van der Waals surface area contributed by atoms with E-state index in [-0.39, 0.29) is 23.9 Å². The minimum absolute atomic E-state index is 0.00968. The normalized spacial score (nSPS) is 38.6. The fraction of sp³-hybridized carbons (Fsp3) is 0.882. The van der Waals surface area contributed by atoms with E-state index in [1.54, 1.807) is 0 Å². The van der Waals surface area contributed by atoms with Crippen LogP contribution in [0.4, 0.5) is 0 Å². The number of nitrogens with two attached hydrogens (primary N) is 1. The molecule has 0 aromatic rings. The third-order valence-electron chi connectivity index (χ3n) is 5.73. The van der Waals surface area contributed by atoms with E-state index in [1.807, 2.05) is 0 Å². The summed E-state index contributed by atoms with van der Waals surface area (Å²) in [6.07, 6.45) is 5.97. The minimum Gasteiger partial charge on any atom is -0.353 e. The molecule has 3 fully saturated rings. The van der Waals surface area contributed by atoms with Crippen molar-refractivity contribution >= 4 is 11.8 Å². The molecule has 0 aromatic carbocycles. The summed E-state index contributed by atoms with van der Waals surface area (Å²) < 4.78 is 0. The molecule has 2 aliphatic carbocycles. The highest BCUT2D eigenvalue weighted by molar-refractivity contribution is 5.81. The van der Waals surface area contributed by atoms with Gasteiger partial charge in [0.15, 0.2) is 6.10 Å². The molecule has 1 saturated heterocycles. The van der Waals surface area contributed by atoms with E-state index >= 15 is 0 Å². The first-order valence-electron chi connectivity index (χ1n) is 9.27. The number of carbonyl (C=O) groups is 2. The molecule has 0 spiro atoms. The Morgan fingerprint density at radius 2 is 1.92 bits per heavy atom. The molecule has 3 aliphatic rings. The number of hydroxylamine groups is 1. The van der Waals surface area contributed by atoms with Crippen LogP contribution in [0, 0.1) is 11.8 Å². The van der Waals surface area contributed by atoms with Crippen LogP contribution in [0.15, 0.2) is 0 Å². The standard InChI is InChI=1S/C17H30N4O3/c1-10-3-2-4-11-7-14(24-21-16(10)11)17(23)20-13-8-12(9-13)19-15(22)5-6-18/h10-14,16,21H,2-9,18H2,1H3,(H,19,22)(H,20,23). The second-order valence-electron chi connectivity index (χ2n) is 7.63. The molecular formula is C17H30N4O3. The zero-order chi connectivity index (χ0) is 17.1. The van der Waals surface area contributed by atoms with Crippen molar-refractivity contribution in [1.82, 2.24) is 16.1 Å². The monoisotopic (exact) mass is 338 g/mol. The summed E-state index contributed by atoms with van der Waals surface area (Å²) in [4.78, 5) is 29.5. The van der Waals surface area contributed by atoms with E-state index in [0.717, 1.165) is 19.3 Å². The quantitative estimate of drug-likeness (QED) is 0.573. The van der Waals surface area contributed by atoms with Gasteiger partial charge in [-0.05, 0) is 43.9 Å². The number of nitrogens with one attached hydrogen (secondary N) is 3. The molecule has 24 heavy (non-hydrogen) atoms. The van der Waals surface area contributed by atoms with E-state index in [9.17, 15) is 9.59 Å². The molecule has 7 nitrogen and oxygen atoms in total. The molecule has 2 amide bonds. The Kier molecular flexibility index (Phi) is 5.73. The zero-order valence-corrected chi connectivity index (χ0v) is 14.4. The molecular weight excluding hydrogens is 308 g/mol. The average molecular weight is 338 g/mol. The third-order valence-corrected chi connectivity index (χ3v) is 5.73. The first kappa shape index (κ1) is 17.6. The van der Waals surface area contributed by atoms with Crippen molar-refractivity contribution in [2.24, 2.45) is 17.6 Å². The number of hydrogen-bond donors (Lipinski definition) is 4. The summed E-state index contributed by atoms with van der Waals surface area (Å²) in [7, 11) is 0. The van der Waals surface area contributed by atoms with Gasteiger partial charge < -0.3 is 16.4 Å². The number of rotatable bonds is 5. The lowest BCUT2D eigenvalue weighted by atomic mass is 9.75. The van der Waals surface area contributed by atoms with Gasteiger partial charge in [0.25, 0.3) is 5.91 Å². The number of fused-ring (bicyclic) bond motifs is 1. The SMILES string of the molecule is CC1CCCC2CC(C(=O)NC3CC(NC(=O)CCN)C3)ONC12. The van der Waals surface area contributed by atoms with Crippen molar-refractivity contribution < 1.29 is 14.4 Å². The van der Waals surface area contributed by atoms with Crippen LogP contribution < -0.4 is 21.8 Å². The average Bonchev–Trinajstić information content (AvgIpc) is 2.53. The predicted octanol–water partition coefficient (Wildman–Crippen LogP) is 0.197. The summed E-state index contributed by atoms with van der Waals surface area (Å²) in [5.41, 5.74) is 8.49. The maximum absolute atomic E-state index is 12.4. The van der Waals surface area contributed by atoms with Crippen molar-refractivity contribution in [3.63, 3.8) is 0 Å². The van der Waals surface area contributed by atoms with E-state index < -0.39 is 6.10 Å². The van der Waals surface area contributed by atoms with Gasteiger partial charge in [0, 0.05) is 31.1 Å². The second-order valence-corrected chi connectivity index (χ2v) is 7.63. The van der Waals surface area contributed by atoms with Crippen molar-refractivity contribution in [3.8, 4) is 0 Å².